The molecule has 2 N–H and O–H groups in total. The van der Waals surface area contributed by atoms with Gasteiger partial charge in [0, 0.05) is 6.04 Å². The number of nitrogens with two attached hydrogens (primary N) is 1. The monoisotopic (exact) mass is 155 g/mol. The van der Waals surface area contributed by atoms with Gasteiger partial charge in [0.25, 0.3) is 0 Å². The van der Waals surface area contributed by atoms with Gasteiger partial charge in [-0.25, -0.2) is 0 Å². The molecule has 1 aliphatic carbocycles. The third kappa shape index (κ3) is 1.76. The molecule has 1 saturated carbocycles. The van der Waals surface area contributed by atoms with Gasteiger partial charge in [-0.15, -0.1) is 0 Å². The zero-order valence-corrected chi connectivity index (χ0v) is 8.06. The summed E-state index contributed by atoms with van der Waals surface area (Å²) in [5.41, 5.74) is 6.56. The van der Waals surface area contributed by atoms with Crippen LogP contribution >= 0.6 is 0 Å². The van der Waals surface area contributed by atoms with Crippen LogP contribution in [0.1, 0.15) is 46.5 Å². The lowest BCUT2D eigenvalue weighted by molar-refractivity contribution is 0.217. The molecule has 0 radical (unpaired) electrons. The molecule has 1 nitrogen and oxygen atoms in total. The highest BCUT2D eigenvalue weighted by atomic mass is 14.7. The van der Waals surface area contributed by atoms with Crippen LogP contribution in [0.4, 0.5) is 0 Å². The molecule has 0 aromatic rings. The molecule has 1 rings (SSSR count). The van der Waals surface area contributed by atoms with Crippen molar-refractivity contribution in [1.82, 2.24) is 0 Å². The second-order valence-electron chi connectivity index (χ2n) is 4.56. The molecule has 0 aromatic carbocycles. The summed E-state index contributed by atoms with van der Waals surface area (Å²) in [7, 11) is 0. The third-order valence-corrected chi connectivity index (χ3v) is 3.33. The first-order valence-electron chi connectivity index (χ1n) is 4.83. The quantitative estimate of drug-likeness (QED) is 0.651. The summed E-state index contributed by atoms with van der Waals surface area (Å²) in [6.07, 6.45) is 5.23. The maximum absolute atomic E-state index is 6.05. The zero-order valence-electron chi connectivity index (χ0n) is 8.06. The highest BCUT2D eigenvalue weighted by Gasteiger charge is 2.37. The first kappa shape index (κ1) is 9.05. The molecule has 0 amide bonds. The fourth-order valence-electron chi connectivity index (χ4n) is 2.43. The van der Waals surface area contributed by atoms with Crippen LogP contribution in [0.25, 0.3) is 0 Å². The first-order valence-corrected chi connectivity index (χ1v) is 4.83. The SMILES string of the molecule is CCC(N)C1CCCC1(C)C. The Morgan fingerprint density at radius 2 is 2.18 bits per heavy atom. The van der Waals surface area contributed by atoms with Crippen LogP contribution in [0.5, 0.6) is 0 Å². The standard InChI is InChI=1S/C10H21N/c1-4-9(11)8-6-5-7-10(8,2)3/h8-9H,4-7,11H2,1-3H3. The second kappa shape index (κ2) is 3.14. The number of hydrogen-bond donors (Lipinski definition) is 1. The zero-order chi connectivity index (χ0) is 8.48. The molecule has 2 unspecified atom stereocenters. The molecule has 0 bridgehead atoms. The summed E-state index contributed by atoms with van der Waals surface area (Å²) in [6, 6.07) is 0.438. The minimum absolute atomic E-state index is 0.438. The average molecular weight is 155 g/mol. The van der Waals surface area contributed by atoms with E-state index in [9.17, 15) is 0 Å². The molecule has 0 saturated heterocycles. The lowest BCUT2D eigenvalue weighted by Gasteiger charge is -2.31. The molecule has 0 aromatic heterocycles. The topological polar surface area (TPSA) is 26.0 Å². The molecule has 11 heavy (non-hydrogen) atoms. The van der Waals surface area contributed by atoms with Crippen molar-refractivity contribution < 1.29 is 0 Å². The van der Waals surface area contributed by atoms with Gasteiger partial charge in [-0.05, 0) is 30.6 Å². The highest BCUT2D eigenvalue weighted by Crippen LogP contribution is 2.44. The summed E-state index contributed by atoms with van der Waals surface area (Å²) >= 11 is 0. The third-order valence-electron chi connectivity index (χ3n) is 3.33. The maximum Gasteiger partial charge on any atom is 0.00696 e. The Balaban J connectivity index is 2.57. The van der Waals surface area contributed by atoms with Gasteiger partial charge in [-0.2, -0.15) is 0 Å². The van der Waals surface area contributed by atoms with Crippen molar-refractivity contribution in [3.8, 4) is 0 Å². The highest BCUT2D eigenvalue weighted by molar-refractivity contribution is 4.90. The van der Waals surface area contributed by atoms with Crippen molar-refractivity contribution in [1.29, 1.82) is 0 Å². The van der Waals surface area contributed by atoms with E-state index in [1.807, 2.05) is 0 Å². The summed E-state index contributed by atoms with van der Waals surface area (Å²) in [6.45, 7) is 6.92. The van der Waals surface area contributed by atoms with Crippen molar-refractivity contribution in [2.24, 2.45) is 17.1 Å². The van der Waals surface area contributed by atoms with E-state index >= 15 is 0 Å². The Morgan fingerprint density at radius 3 is 2.55 bits per heavy atom. The summed E-state index contributed by atoms with van der Waals surface area (Å²) < 4.78 is 0. The van der Waals surface area contributed by atoms with Crippen LogP contribution in [0.15, 0.2) is 0 Å². The van der Waals surface area contributed by atoms with E-state index in [0.717, 1.165) is 12.3 Å². The van der Waals surface area contributed by atoms with Crippen LogP contribution < -0.4 is 5.73 Å². The van der Waals surface area contributed by atoms with E-state index in [-0.39, 0.29) is 0 Å². The summed E-state index contributed by atoms with van der Waals surface area (Å²) in [4.78, 5) is 0. The average Bonchev–Trinajstić information content (AvgIpc) is 2.28. The Hall–Kier alpha value is -0.0400. The van der Waals surface area contributed by atoms with Crippen molar-refractivity contribution in [2.45, 2.75) is 52.5 Å². The molecule has 0 spiro atoms. The van der Waals surface area contributed by atoms with Crippen LogP contribution in [0.3, 0.4) is 0 Å². The van der Waals surface area contributed by atoms with Gasteiger partial charge >= 0.3 is 0 Å². The molecule has 1 aliphatic rings. The van der Waals surface area contributed by atoms with Crippen LogP contribution in [0.2, 0.25) is 0 Å². The summed E-state index contributed by atoms with van der Waals surface area (Å²) in [5.74, 6) is 0.771. The number of hydrogen-bond acceptors (Lipinski definition) is 1. The van der Waals surface area contributed by atoms with Crippen molar-refractivity contribution in [3.63, 3.8) is 0 Å². The van der Waals surface area contributed by atoms with Gasteiger partial charge in [0.05, 0.1) is 0 Å². The molecule has 0 heterocycles. The predicted octanol–water partition coefficient (Wildman–Crippen LogP) is 2.55. The molecule has 0 aliphatic heterocycles. The van der Waals surface area contributed by atoms with Gasteiger partial charge in [0.15, 0.2) is 0 Å². The Kier molecular flexibility index (Phi) is 2.58. The largest absolute Gasteiger partial charge is 0.327 e. The Morgan fingerprint density at radius 1 is 1.55 bits per heavy atom. The Labute approximate surface area is 70.4 Å². The molecular weight excluding hydrogens is 134 g/mol. The normalized spacial score (nSPS) is 32.2. The van der Waals surface area contributed by atoms with E-state index in [0.29, 0.717) is 11.5 Å². The van der Waals surface area contributed by atoms with Gasteiger partial charge in [0.2, 0.25) is 0 Å². The van der Waals surface area contributed by atoms with Crippen LogP contribution in [-0.4, -0.2) is 6.04 Å². The predicted molar refractivity (Wildman–Crippen MR) is 49.4 cm³/mol. The second-order valence-corrected chi connectivity index (χ2v) is 4.56. The fraction of sp³-hybridized carbons (Fsp3) is 1.00. The van der Waals surface area contributed by atoms with Gasteiger partial charge < -0.3 is 5.73 Å². The minimum atomic E-state index is 0.438. The van der Waals surface area contributed by atoms with E-state index in [1.54, 1.807) is 0 Å². The van der Waals surface area contributed by atoms with Crippen molar-refractivity contribution in [2.75, 3.05) is 0 Å². The minimum Gasteiger partial charge on any atom is -0.327 e. The van der Waals surface area contributed by atoms with Crippen molar-refractivity contribution in [3.05, 3.63) is 0 Å². The maximum atomic E-state index is 6.05. The molecule has 1 heteroatoms. The van der Waals surface area contributed by atoms with E-state index in [4.69, 9.17) is 5.73 Å². The van der Waals surface area contributed by atoms with Gasteiger partial charge in [-0.3, -0.25) is 0 Å². The van der Waals surface area contributed by atoms with Crippen LogP contribution in [0, 0.1) is 11.3 Å². The van der Waals surface area contributed by atoms with Gasteiger partial charge in [-0.1, -0.05) is 27.2 Å². The first-order chi connectivity index (χ1) is 5.08. The molecule has 66 valence electrons. The lowest BCUT2D eigenvalue weighted by atomic mass is 9.77. The van der Waals surface area contributed by atoms with E-state index in [2.05, 4.69) is 20.8 Å². The molecular formula is C10H21N. The fourth-order valence-corrected chi connectivity index (χ4v) is 2.43. The summed E-state index contributed by atoms with van der Waals surface area (Å²) in [5, 5.41) is 0. The van der Waals surface area contributed by atoms with Crippen LogP contribution in [-0.2, 0) is 0 Å². The van der Waals surface area contributed by atoms with Crippen molar-refractivity contribution >= 4 is 0 Å². The van der Waals surface area contributed by atoms with E-state index in [1.165, 1.54) is 19.3 Å². The molecule has 1 fully saturated rings. The Bertz CT molecular complexity index is 129. The van der Waals surface area contributed by atoms with E-state index < -0.39 is 0 Å². The molecule has 2 atom stereocenters. The number of rotatable bonds is 2. The van der Waals surface area contributed by atoms with Gasteiger partial charge in [0.1, 0.15) is 0 Å². The smallest absolute Gasteiger partial charge is 0.00696 e. The lowest BCUT2D eigenvalue weighted by Crippen LogP contribution is -2.35.